The van der Waals surface area contributed by atoms with Crippen molar-refractivity contribution in [3.05, 3.63) is 24.0 Å². The van der Waals surface area contributed by atoms with Crippen LogP contribution in [0, 0.1) is 0 Å². The van der Waals surface area contributed by atoms with Gasteiger partial charge in [-0.2, -0.15) is 9.61 Å². The average Bonchev–Trinajstić information content (AvgIpc) is 3.06. The lowest BCUT2D eigenvalue weighted by atomic mass is 10.3. The van der Waals surface area contributed by atoms with E-state index in [2.05, 4.69) is 20.8 Å². The van der Waals surface area contributed by atoms with Crippen molar-refractivity contribution in [2.75, 3.05) is 25.5 Å². The van der Waals surface area contributed by atoms with Crippen molar-refractivity contribution < 1.29 is 4.79 Å². The molecule has 2 N–H and O–H groups in total. The van der Waals surface area contributed by atoms with E-state index in [4.69, 9.17) is 0 Å². The SMILES string of the molecule is CNc1ccnc2c(C(=O)NN3CCCC3)cnn12. The van der Waals surface area contributed by atoms with Crippen LogP contribution >= 0.6 is 0 Å². The minimum Gasteiger partial charge on any atom is -0.373 e. The molecule has 1 saturated heterocycles. The Balaban J connectivity index is 1.90. The normalized spacial score (nSPS) is 15.8. The lowest BCUT2D eigenvalue weighted by Crippen LogP contribution is -2.40. The number of amides is 1. The minimum absolute atomic E-state index is 0.155. The molecule has 1 amide bonds. The predicted molar refractivity (Wildman–Crippen MR) is 70.8 cm³/mol. The monoisotopic (exact) mass is 260 g/mol. The van der Waals surface area contributed by atoms with Crippen LogP contribution in [0.25, 0.3) is 5.65 Å². The van der Waals surface area contributed by atoms with Crippen LogP contribution in [-0.2, 0) is 0 Å². The highest BCUT2D eigenvalue weighted by Crippen LogP contribution is 2.13. The molecule has 3 rings (SSSR count). The van der Waals surface area contributed by atoms with Gasteiger partial charge in [0.15, 0.2) is 5.65 Å². The van der Waals surface area contributed by atoms with E-state index in [1.165, 1.54) is 0 Å². The first kappa shape index (κ1) is 11.9. The van der Waals surface area contributed by atoms with Crippen LogP contribution < -0.4 is 10.7 Å². The number of anilines is 1. The fourth-order valence-corrected chi connectivity index (χ4v) is 2.27. The largest absolute Gasteiger partial charge is 0.373 e. The van der Waals surface area contributed by atoms with Gasteiger partial charge in [-0.05, 0) is 18.9 Å². The summed E-state index contributed by atoms with van der Waals surface area (Å²) in [5.74, 6) is 0.642. The number of nitrogens with zero attached hydrogens (tertiary/aromatic N) is 4. The summed E-state index contributed by atoms with van der Waals surface area (Å²) in [5, 5.41) is 9.15. The summed E-state index contributed by atoms with van der Waals surface area (Å²) >= 11 is 0. The molecule has 3 heterocycles. The number of carbonyl (C=O) groups excluding carboxylic acids is 1. The molecule has 0 unspecified atom stereocenters. The first-order chi connectivity index (χ1) is 9.29. The van der Waals surface area contributed by atoms with Crippen LogP contribution in [0.5, 0.6) is 0 Å². The molecule has 1 fully saturated rings. The fourth-order valence-electron chi connectivity index (χ4n) is 2.27. The van der Waals surface area contributed by atoms with Gasteiger partial charge in [-0.15, -0.1) is 0 Å². The zero-order valence-electron chi connectivity index (χ0n) is 10.8. The smallest absolute Gasteiger partial charge is 0.271 e. The van der Waals surface area contributed by atoms with Gasteiger partial charge in [0.2, 0.25) is 0 Å². The van der Waals surface area contributed by atoms with Gasteiger partial charge in [-0.3, -0.25) is 10.2 Å². The van der Waals surface area contributed by atoms with E-state index in [9.17, 15) is 4.79 Å². The molecule has 1 aliphatic rings. The van der Waals surface area contributed by atoms with Gasteiger partial charge in [0.25, 0.3) is 5.91 Å². The molecule has 7 nitrogen and oxygen atoms in total. The van der Waals surface area contributed by atoms with E-state index in [0.717, 1.165) is 31.7 Å². The van der Waals surface area contributed by atoms with Gasteiger partial charge in [0.05, 0.1) is 6.20 Å². The molecule has 0 atom stereocenters. The van der Waals surface area contributed by atoms with Crippen molar-refractivity contribution in [2.24, 2.45) is 0 Å². The Morgan fingerprint density at radius 2 is 2.16 bits per heavy atom. The number of hydrazine groups is 1. The summed E-state index contributed by atoms with van der Waals surface area (Å²) in [6, 6.07) is 1.81. The van der Waals surface area contributed by atoms with Gasteiger partial charge in [-0.25, -0.2) is 9.99 Å². The summed E-state index contributed by atoms with van der Waals surface area (Å²) in [4.78, 5) is 16.4. The average molecular weight is 260 g/mol. The van der Waals surface area contributed by atoms with E-state index in [1.54, 1.807) is 24.0 Å². The van der Waals surface area contributed by atoms with Crippen molar-refractivity contribution in [2.45, 2.75) is 12.8 Å². The standard InChI is InChI=1S/C12H16N6O/c1-13-10-4-5-14-11-9(8-15-18(10)11)12(19)16-17-6-2-3-7-17/h4-5,8,13H,2-3,6-7H2,1H3,(H,16,19). The van der Waals surface area contributed by atoms with Crippen LogP contribution in [0.3, 0.4) is 0 Å². The second kappa shape index (κ2) is 4.85. The third-order valence-electron chi connectivity index (χ3n) is 3.27. The highest BCUT2D eigenvalue weighted by molar-refractivity contribution is 5.99. The molecule has 0 aliphatic carbocycles. The molecule has 0 aromatic carbocycles. The molecule has 0 saturated carbocycles. The molecule has 1 aliphatic heterocycles. The molecule has 100 valence electrons. The lowest BCUT2D eigenvalue weighted by molar-refractivity contribution is 0.0827. The second-order valence-corrected chi connectivity index (χ2v) is 4.51. The van der Waals surface area contributed by atoms with Gasteiger partial charge in [0.1, 0.15) is 11.4 Å². The van der Waals surface area contributed by atoms with E-state index in [1.807, 2.05) is 11.1 Å². The van der Waals surface area contributed by atoms with E-state index < -0.39 is 0 Å². The number of carbonyl (C=O) groups is 1. The van der Waals surface area contributed by atoms with Crippen LogP contribution in [0.15, 0.2) is 18.5 Å². The fraction of sp³-hybridized carbons (Fsp3) is 0.417. The molecule has 2 aromatic rings. The number of rotatable bonds is 3. The van der Waals surface area contributed by atoms with E-state index in [0.29, 0.717) is 11.2 Å². The van der Waals surface area contributed by atoms with Crippen LogP contribution in [-0.4, -0.2) is 45.7 Å². The first-order valence-corrected chi connectivity index (χ1v) is 6.36. The molecule has 19 heavy (non-hydrogen) atoms. The molecule has 0 spiro atoms. The van der Waals surface area contributed by atoms with E-state index >= 15 is 0 Å². The summed E-state index contributed by atoms with van der Waals surface area (Å²) < 4.78 is 1.62. The minimum atomic E-state index is -0.155. The topological polar surface area (TPSA) is 74.6 Å². The lowest BCUT2D eigenvalue weighted by Gasteiger charge is -2.15. The molecule has 0 bridgehead atoms. The van der Waals surface area contributed by atoms with Crippen LogP contribution in [0.1, 0.15) is 23.2 Å². The zero-order chi connectivity index (χ0) is 13.2. The van der Waals surface area contributed by atoms with Crippen LogP contribution in [0.2, 0.25) is 0 Å². The Kier molecular flexibility index (Phi) is 3.04. The zero-order valence-corrected chi connectivity index (χ0v) is 10.8. The first-order valence-electron chi connectivity index (χ1n) is 6.36. The third-order valence-corrected chi connectivity index (χ3v) is 3.27. The Morgan fingerprint density at radius 3 is 2.89 bits per heavy atom. The molecular weight excluding hydrogens is 244 g/mol. The predicted octanol–water partition coefficient (Wildman–Crippen LogP) is 0.512. The Hall–Kier alpha value is -2.15. The maximum Gasteiger partial charge on any atom is 0.271 e. The van der Waals surface area contributed by atoms with Gasteiger partial charge < -0.3 is 5.32 Å². The van der Waals surface area contributed by atoms with Gasteiger partial charge in [0, 0.05) is 26.3 Å². The highest BCUT2D eigenvalue weighted by Gasteiger charge is 2.19. The maximum absolute atomic E-state index is 12.2. The van der Waals surface area contributed by atoms with Gasteiger partial charge in [-0.1, -0.05) is 0 Å². The van der Waals surface area contributed by atoms with Crippen molar-refractivity contribution in [1.82, 2.24) is 25.0 Å². The number of nitrogens with one attached hydrogen (secondary N) is 2. The molecule has 2 aromatic heterocycles. The summed E-state index contributed by atoms with van der Waals surface area (Å²) in [6.45, 7) is 1.81. The van der Waals surface area contributed by atoms with E-state index in [-0.39, 0.29) is 5.91 Å². The summed E-state index contributed by atoms with van der Waals surface area (Å²) in [6.07, 6.45) is 5.46. The Labute approximate surface area is 110 Å². The summed E-state index contributed by atoms with van der Waals surface area (Å²) in [7, 11) is 1.81. The maximum atomic E-state index is 12.2. The second-order valence-electron chi connectivity index (χ2n) is 4.51. The number of aromatic nitrogens is 3. The quantitative estimate of drug-likeness (QED) is 0.841. The molecular formula is C12H16N6O. The number of hydrogen-bond acceptors (Lipinski definition) is 5. The molecule has 0 radical (unpaired) electrons. The number of fused-ring (bicyclic) bond motifs is 1. The van der Waals surface area contributed by atoms with Gasteiger partial charge >= 0.3 is 0 Å². The van der Waals surface area contributed by atoms with Crippen molar-refractivity contribution in [3.8, 4) is 0 Å². The van der Waals surface area contributed by atoms with Crippen molar-refractivity contribution in [1.29, 1.82) is 0 Å². The molecule has 7 heteroatoms. The Bertz CT molecular complexity index is 601. The highest BCUT2D eigenvalue weighted by atomic mass is 16.2. The van der Waals surface area contributed by atoms with Crippen molar-refractivity contribution >= 4 is 17.4 Å². The Morgan fingerprint density at radius 1 is 1.37 bits per heavy atom. The number of hydrogen-bond donors (Lipinski definition) is 2. The van der Waals surface area contributed by atoms with Crippen molar-refractivity contribution in [3.63, 3.8) is 0 Å². The van der Waals surface area contributed by atoms with Crippen LogP contribution in [0.4, 0.5) is 5.82 Å². The summed E-state index contributed by atoms with van der Waals surface area (Å²) in [5.41, 5.74) is 3.94. The third kappa shape index (κ3) is 2.12.